The minimum absolute atomic E-state index is 0.126. The summed E-state index contributed by atoms with van der Waals surface area (Å²) in [6.45, 7) is 10.9. The summed E-state index contributed by atoms with van der Waals surface area (Å²) in [4.78, 5) is 27.3. The van der Waals surface area contributed by atoms with Crippen molar-refractivity contribution < 1.29 is 14.3 Å². The Kier molecular flexibility index (Phi) is 9.56. The van der Waals surface area contributed by atoms with E-state index in [9.17, 15) is 9.59 Å². The fourth-order valence-corrected chi connectivity index (χ4v) is 3.26. The monoisotopic (exact) mass is 488 g/mol. The Balaban J connectivity index is 2.10. The number of nitrogens with zero attached hydrogens (tertiary/aromatic N) is 1. The fourth-order valence-electron chi connectivity index (χ4n) is 3.00. The van der Waals surface area contributed by atoms with Crippen LogP contribution < -0.4 is 10.1 Å². The van der Waals surface area contributed by atoms with Gasteiger partial charge in [0.1, 0.15) is 11.8 Å². The molecule has 2 amide bonds. The second kappa shape index (κ2) is 11.9. The first kappa shape index (κ1) is 24.9. The van der Waals surface area contributed by atoms with Gasteiger partial charge in [0, 0.05) is 17.6 Å². The third-order valence-electron chi connectivity index (χ3n) is 5.03. The van der Waals surface area contributed by atoms with E-state index < -0.39 is 6.04 Å². The molecule has 5 nitrogen and oxygen atoms in total. The highest BCUT2D eigenvalue weighted by Crippen LogP contribution is 2.19. The summed E-state index contributed by atoms with van der Waals surface area (Å²) in [6.07, 6.45) is 0. The third kappa shape index (κ3) is 8.02. The van der Waals surface area contributed by atoms with Crippen LogP contribution in [0.3, 0.4) is 0 Å². The van der Waals surface area contributed by atoms with Gasteiger partial charge < -0.3 is 15.0 Å². The molecular weight excluding hydrogens is 456 g/mol. The number of rotatable bonds is 10. The van der Waals surface area contributed by atoms with Crippen LogP contribution in [-0.4, -0.2) is 35.9 Å². The van der Waals surface area contributed by atoms with Crippen LogP contribution in [0.1, 0.15) is 51.7 Å². The Morgan fingerprint density at radius 1 is 0.968 bits per heavy atom. The molecule has 0 aromatic heterocycles. The summed E-state index contributed by atoms with van der Waals surface area (Å²) in [6, 6.07) is 14.9. The van der Waals surface area contributed by atoms with Crippen molar-refractivity contribution in [2.24, 2.45) is 5.92 Å². The van der Waals surface area contributed by atoms with Gasteiger partial charge in [0.15, 0.2) is 6.61 Å². The molecule has 0 aliphatic heterocycles. The van der Waals surface area contributed by atoms with Crippen molar-refractivity contribution in [1.82, 2.24) is 10.2 Å². The summed E-state index contributed by atoms with van der Waals surface area (Å²) in [7, 11) is 0. The molecule has 2 aromatic carbocycles. The molecule has 31 heavy (non-hydrogen) atoms. The molecule has 1 N–H and O–H groups in total. The highest BCUT2D eigenvalue weighted by atomic mass is 79.9. The van der Waals surface area contributed by atoms with Gasteiger partial charge in [0.05, 0.1) is 0 Å². The Morgan fingerprint density at radius 3 is 2.13 bits per heavy atom. The number of carbonyl (C=O) groups excluding carboxylic acids is 2. The van der Waals surface area contributed by atoms with E-state index >= 15 is 0 Å². The van der Waals surface area contributed by atoms with E-state index in [2.05, 4.69) is 35.1 Å². The van der Waals surface area contributed by atoms with E-state index in [1.807, 2.05) is 62.4 Å². The van der Waals surface area contributed by atoms with E-state index in [0.717, 1.165) is 10.0 Å². The summed E-state index contributed by atoms with van der Waals surface area (Å²) in [5.74, 6) is 1.01. The maximum atomic E-state index is 13.1. The highest BCUT2D eigenvalue weighted by molar-refractivity contribution is 9.10. The second-order valence-electron chi connectivity index (χ2n) is 8.48. The Morgan fingerprint density at radius 2 is 1.58 bits per heavy atom. The standard InChI is InChI=1S/C25H33BrN2O3/c1-17(2)14-27-25(30)19(5)28(15-20-6-10-22(26)11-7-20)24(29)16-31-23-12-8-21(9-13-23)18(3)4/h6-13,17-19H,14-16H2,1-5H3,(H,27,30)/t19-/m0/s1. The predicted molar refractivity (Wildman–Crippen MR) is 128 cm³/mol. The average molecular weight is 489 g/mol. The Bertz CT molecular complexity index is 848. The quantitative estimate of drug-likeness (QED) is 0.503. The largest absolute Gasteiger partial charge is 0.484 e. The van der Waals surface area contributed by atoms with Gasteiger partial charge in [-0.1, -0.05) is 67.9 Å². The highest BCUT2D eigenvalue weighted by Gasteiger charge is 2.26. The van der Waals surface area contributed by atoms with Gasteiger partial charge >= 0.3 is 0 Å². The molecule has 2 aromatic rings. The fraction of sp³-hybridized carbons (Fsp3) is 0.440. The third-order valence-corrected chi connectivity index (χ3v) is 5.56. The maximum Gasteiger partial charge on any atom is 0.261 e. The lowest BCUT2D eigenvalue weighted by molar-refractivity contribution is -0.142. The molecule has 0 saturated heterocycles. The van der Waals surface area contributed by atoms with E-state index in [1.54, 1.807) is 11.8 Å². The zero-order valence-electron chi connectivity index (χ0n) is 19.0. The molecule has 0 unspecified atom stereocenters. The SMILES string of the molecule is CC(C)CNC(=O)[C@H](C)N(Cc1ccc(Br)cc1)C(=O)COc1ccc(C(C)C)cc1. The van der Waals surface area contributed by atoms with Gasteiger partial charge in [0.25, 0.3) is 5.91 Å². The van der Waals surface area contributed by atoms with Crippen LogP contribution in [0, 0.1) is 5.92 Å². The van der Waals surface area contributed by atoms with E-state index in [0.29, 0.717) is 30.7 Å². The van der Waals surface area contributed by atoms with Crippen molar-refractivity contribution in [1.29, 1.82) is 0 Å². The first-order valence-corrected chi connectivity index (χ1v) is 11.5. The lowest BCUT2D eigenvalue weighted by Crippen LogP contribution is -2.49. The molecule has 0 aliphatic carbocycles. The predicted octanol–water partition coefficient (Wildman–Crippen LogP) is 5.14. The van der Waals surface area contributed by atoms with Crippen molar-refractivity contribution in [3.8, 4) is 5.75 Å². The lowest BCUT2D eigenvalue weighted by Gasteiger charge is -2.29. The van der Waals surface area contributed by atoms with Gasteiger partial charge in [-0.15, -0.1) is 0 Å². The van der Waals surface area contributed by atoms with Gasteiger partial charge in [-0.05, 0) is 54.2 Å². The molecule has 0 aliphatic rings. The smallest absolute Gasteiger partial charge is 0.261 e. The molecule has 0 spiro atoms. The molecule has 2 rings (SSSR count). The first-order chi connectivity index (χ1) is 14.7. The van der Waals surface area contributed by atoms with E-state index in [1.165, 1.54) is 5.56 Å². The molecule has 0 saturated carbocycles. The van der Waals surface area contributed by atoms with Crippen LogP contribution in [0.2, 0.25) is 0 Å². The van der Waals surface area contributed by atoms with Gasteiger partial charge in [0.2, 0.25) is 5.91 Å². The van der Waals surface area contributed by atoms with Crippen LogP contribution in [-0.2, 0) is 16.1 Å². The van der Waals surface area contributed by atoms with Crippen LogP contribution in [0.4, 0.5) is 0 Å². The average Bonchev–Trinajstić information content (AvgIpc) is 2.75. The zero-order valence-corrected chi connectivity index (χ0v) is 20.6. The normalized spacial score (nSPS) is 12.0. The number of amides is 2. The van der Waals surface area contributed by atoms with Crippen LogP contribution in [0.5, 0.6) is 5.75 Å². The summed E-state index contributed by atoms with van der Waals surface area (Å²) < 4.78 is 6.70. The van der Waals surface area contributed by atoms with Gasteiger partial charge in [-0.25, -0.2) is 0 Å². The lowest BCUT2D eigenvalue weighted by atomic mass is 10.0. The molecule has 6 heteroatoms. The molecule has 1 atom stereocenters. The number of carbonyl (C=O) groups is 2. The van der Waals surface area contributed by atoms with Crippen molar-refractivity contribution >= 4 is 27.7 Å². The van der Waals surface area contributed by atoms with Crippen molar-refractivity contribution in [2.45, 2.75) is 53.1 Å². The molecule has 0 fully saturated rings. The van der Waals surface area contributed by atoms with Crippen LogP contribution in [0.15, 0.2) is 53.0 Å². The molecule has 0 heterocycles. The number of ether oxygens (including phenoxy) is 1. The molecule has 0 radical (unpaired) electrons. The van der Waals surface area contributed by atoms with Crippen LogP contribution >= 0.6 is 15.9 Å². The van der Waals surface area contributed by atoms with Crippen molar-refractivity contribution in [2.75, 3.05) is 13.2 Å². The number of halogens is 1. The minimum atomic E-state index is -0.609. The summed E-state index contributed by atoms with van der Waals surface area (Å²) in [5.41, 5.74) is 2.16. The minimum Gasteiger partial charge on any atom is -0.484 e. The number of hydrogen-bond donors (Lipinski definition) is 1. The van der Waals surface area contributed by atoms with Gasteiger partial charge in [-0.2, -0.15) is 0 Å². The summed E-state index contributed by atoms with van der Waals surface area (Å²) in [5, 5.41) is 2.92. The maximum absolute atomic E-state index is 13.1. The van der Waals surface area contributed by atoms with E-state index in [-0.39, 0.29) is 18.4 Å². The second-order valence-corrected chi connectivity index (χ2v) is 9.39. The molecule has 0 bridgehead atoms. The Labute approximate surface area is 194 Å². The molecular formula is C25H33BrN2O3. The van der Waals surface area contributed by atoms with Gasteiger partial charge in [-0.3, -0.25) is 9.59 Å². The molecule has 168 valence electrons. The number of hydrogen-bond acceptors (Lipinski definition) is 3. The summed E-state index contributed by atoms with van der Waals surface area (Å²) >= 11 is 3.43. The van der Waals surface area contributed by atoms with Crippen molar-refractivity contribution in [3.63, 3.8) is 0 Å². The Hall–Kier alpha value is -2.34. The topological polar surface area (TPSA) is 58.6 Å². The van der Waals surface area contributed by atoms with Crippen LogP contribution in [0.25, 0.3) is 0 Å². The number of nitrogens with one attached hydrogen (secondary N) is 1. The van der Waals surface area contributed by atoms with Crippen molar-refractivity contribution in [3.05, 3.63) is 64.1 Å². The number of benzene rings is 2. The zero-order chi connectivity index (χ0) is 23.0. The van der Waals surface area contributed by atoms with E-state index in [4.69, 9.17) is 4.74 Å². The first-order valence-electron chi connectivity index (χ1n) is 10.7.